The van der Waals surface area contributed by atoms with Crippen LogP contribution in [-0.4, -0.2) is 16.6 Å². The van der Waals surface area contributed by atoms with Crippen molar-refractivity contribution in [2.75, 3.05) is 6.61 Å². The van der Waals surface area contributed by atoms with Crippen LogP contribution >= 0.6 is 12.2 Å². The van der Waals surface area contributed by atoms with E-state index in [2.05, 4.69) is 24.9 Å². The van der Waals surface area contributed by atoms with Gasteiger partial charge >= 0.3 is 0 Å². The van der Waals surface area contributed by atoms with Crippen LogP contribution in [0.15, 0.2) is 18.3 Å². The lowest BCUT2D eigenvalue weighted by Crippen LogP contribution is -2.06. The van der Waals surface area contributed by atoms with Crippen LogP contribution in [0.4, 0.5) is 0 Å². The molecule has 0 fully saturated rings. The molecule has 3 heteroatoms. The van der Waals surface area contributed by atoms with Crippen LogP contribution in [0.2, 0.25) is 0 Å². The normalized spacial score (nSPS) is 10.1. The van der Waals surface area contributed by atoms with E-state index >= 15 is 0 Å². The molecule has 0 aromatic carbocycles. The number of unbranched alkanes of at least 4 members (excludes halogenated alkanes) is 1. The van der Waals surface area contributed by atoms with Gasteiger partial charge in [0.05, 0.1) is 6.61 Å². The van der Waals surface area contributed by atoms with Crippen LogP contribution in [-0.2, 0) is 11.2 Å². The van der Waals surface area contributed by atoms with E-state index in [-0.39, 0.29) is 0 Å². The Morgan fingerprint density at radius 2 is 2.12 bits per heavy atom. The monoisotopic (exact) mass is 237 g/mol. The molecule has 1 rings (SSSR count). The Morgan fingerprint density at radius 1 is 1.31 bits per heavy atom. The molecule has 16 heavy (non-hydrogen) atoms. The SMILES string of the molecule is CCCCc1ccc(C(=S)OCCC)nc1. The maximum Gasteiger partial charge on any atom is 0.210 e. The first-order chi connectivity index (χ1) is 7.77. The first-order valence-electron chi connectivity index (χ1n) is 5.90. The van der Waals surface area contributed by atoms with Gasteiger partial charge in [-0.1, -0.05) is 26.3 Å². The number of thiocarbonyl (C=S) groups is 1. The molecule has 1 aromatic rings. The third kappa shape index (κ3) is 4.27. The fraction of sp³-hybridized carbons (Fsp3) is 0.538. The summed E-state index contributed by atoms with van der Waals surface area (Å²) in [5.74, 6) is 0. The standard InChI is InChI=1S/C13H19NOS/c1-3-5-6-11-7-8-12(14-10-11)13(16)15-9-4-2/h7-8,10H,3-6,9H2,1-2H3. The second-order valence-electron chi connectivity index (χ2n) is 3.79. The molecule has 0 saturated carbocycles. The van der Waals surface area contributed by atoms with E-state index in [1.165, 1.54) is 18.4 Å². The minimum absolute atomic E-state index is 0.504. The van der Waals surface area contributed by atoms with Gasteiger partial charge in [-0.15, -0.1) is 0 Å². The Morgan fingerprint density at radius 3 is 2.69 bits per heavy atom. The molecule has 0 atom stereocenters. The van der Waals surface area contributed by atoms with Crippen molar-refractivity contribution >= 4 is 17.3 Å². The highest BCUT2D eigenvalue weighted by atomic mass is 32.1. The molecule has 0 amide bonds. The minimum atomic E-state index is 0.504. The fourth-order valence-electron chi connectivity index (χ4n) is 1.34. The molecular weight excluding hydrogens is 218 g/mol. The highest BCUT2D eigenvalue weighted by molar-refractivity contribution is 7.80. The Balaban J connectivity index is 2.53. The van der Waals surface area contributed by atoms with Gasteiger partial charge in [-0.05, 0) is 43.1 Å². The van der Waals surface area contributed by atoms with Gasteiger partial charge in [-0.3, -0.25) is 4.98 Å². The van der Waals surface area contributed by atoms with E-state index in [4.69, 9.17) is 17.0 Å². The maximum absolute atomic E-state index is 5.37. The molecule has 0 spiro atoms. The summed E-state index contributed by atoms with van der Waals surface area (Å²) in [4.78, 5) is 4.32. The van der Waals surface area contributed by atoms with Gasteiger partial charge in [0, 0.05) is 6.20 Å². The highest BCUT2D eigenvalue weighted by Crippen LogP contribution is 2.06. The second-order valence-corrected chi connectivity index (χ2v) is 4.16. The quantitative estimate of drug-likeness (QED) is 0.707. The zero-order chi connectivity index (χ0) is 11.8. The summed E-state index contributed by atoms with van der Waals surface area (Å²) in [6, 6.07) is 4.03. The first kappa shape index (κ1) is 13.1. The van der Waals surface area contributed by atoms with Crippen molar-refractivity contribution in [1.82, 2.24) is 4.98 Å². The molecule has 1 heterocycles. The van der Waals surface area contributed by atoms with Crippen LogP contribution < -0.4 is 0 Å². The molecule has 0 N–H and O–H groups in total. The van der Waals surface area contributed by atoms with E-state index in [0.717, 1.165) is 18.5 Å². The summed E-state index contributed by atoms with van der Waals surface area (Å²) >= 11 is 5.13. The molecule has 0 saturated heterocycles. The molecule has 0 aliphatic heterocycles. The lowest BCUT2D eigenvalue weighted by atomic mass is 10.1. The number of pyridine rings is 1. The largest absolute Gasteiger partial charge is 0.482 e. The van der Waals surface area contributed by atoms with E-state index in [1.807, 2.05) is 12.3 Å². The molecule has 0 unspecified atom stereocenters. The third-order valence-electron chi connectivity index (χ3n) is 2.29. The summed E-state index contributed by atoms with van der Waals surface area (Å²) in [6.07, 6.45) is 6.37. The van der Waals surface area contributed by atoms with Gasteiger partial charge in [-0.25, -0.2) is 0 Å². The van der Waals surface area contributed by atoms with Crippen molar-refractivity contribution in [2.24, 2.45) is 0 Å². The van der Waals surface area contributed by atoms with Gasteiger partial charge < -0.3 is 4.74 Å². The lowest BCUT2D eigenvalue weighted by molar-refractivity contribution is 0.313. The molecule has 1 aromatic heterocycles. The summed E-state index contributed by atoms with van der Waals surface area (Å²) in [5, 5.41) is 0.504. The van der Waals surface area contributed by atoms with Crippen LogP contribution in [0.5, 0.6) is 0 Å². The minimum Gasteiger partial charge on any atom is -0.482 e. The van der Waals surface area contributed by atoms with Crippen LogP contribution in [0.1, 0.15) is 44.4 Å². The second kappa shape index (κ2) is 7.34. The Bertz CT molecular complexity index is 321. The number of aryl methyl sites for hydroxylation is 1. The van der Waals surface area contributed by atoms with Gasteiger partial charge in [-0.2, -0.15) is 0 Å². The number of hydrogen-bond donors (Lipinski definition) is 0. The van der Waals surface area contributed by atoms with Crippen LogP contribution in [0, 0.1) is 0 Å². The topological polar surface area (TPSA) is 22.1 Å². The number of ether oxygens (including phenoxy) is 1. The van der Waals surface area contributed by atoms with Crippen molar-refractivity contribution in [1.29, 1.82) is 0 Å². The number of nitrogens with zero attached hydrogens (tertiary/aromatic N) is 1. The number of rotatable bonds is 6. The van der Waals surface area contributed by atoms with Crippen molar-refractivity contribution in [3.8, 4) is 0 Å². The van der Waals surface area contributed by atoms with Gasteiger partial charge in [0.25, 0.3) is 0 Å². The van der Waals surface area contributed by atoms with Crippen molar-refractivity contribution in [3.05, 3.63) is 29.6 Å². The summed E-state index contributed by atoms with van der Waals surface area (Å²) in [5.41, 5.74) is 2.03. The Kier molecular flexibility index (Phi) is 6.01. The van der Waals surface area contributed by atoms with Crippen LogP contribution in [0.25, 0.3) is 0 Å². The average molecular weight is 237 g/mol. The smallest absolute Gasteiger partial charge is 0.210 e. The zero-order valence-corrected chi connectivity index (χ0v) is 10.8. The molecular formula is C13H19NOS. The van der Waals surface area contributed by atoms with Crippen LogP contribution in [0.3, 0.4) is 0 Å². The Hall–Kier alpha value is -0.960. The predicted octanol–water partition coefficient (Wildman–Crippen LogP) is 3.53. The molecule has 0 radical (unpaired) electrons. The number of hydrogen-bond acceptors (Lipinski definition) is 3. The van der Waals surface area contributed by atoms with E-state index in [0.29, 0.717) is 11.7 Å². The molecule has 2 nitrogen and oxygen atoms in total. The fourth-order valence-corrected chi connectivity index (χ4v) is 1.55. The average Bonchev–Trinajstić information content (AvgIpc) is 2.34. The predicted molar refractivity (Wildman–Crippen MR) is 70.8 cm³/mol. The van der Waals surface area contributed by atoms with Crippen molar-refractivity contribution in [2.45, 2.75) is 39.5 Å². The lowest BCUT2D eigenvalue weighted by Gasteiger charge is -2.06. The molecule has 0 aliphatic rings. The first-order valence-corrected chi connectivity index (χ1v) is 6.30. The molecule has 0 aliphatic carbocycles. The van der Waals surface area contributed by atoms with E-state index in [9.17, 15) is 0 Å². The van der Waals surface area contributed by atoms with Gasteiger partial charge in [0.2, 0.25) is 5.05 Å². The van der Waals surface area contributed by atoms with E-state index in [1.54, 1.807) is 0 Å². The maximum atomic E-state index is 5.37. The summed E-state index contributed by atoms with van der Waals surface area (Å²) < 4.78 is 5.37. The summed E-state index contributed by atoms with van der Waals surface area (Å²) in [7, 11) is 0. The van der Waals surface area contributed by atoms with Gasteiger partial charge in [0.15, 0.2) is 0 Å². The Labute approximate surface area is 103 Å². The third-order valence-corrected chi connectivity index (χ3v) is 2.62. The molecule has 0 bridgehead atoms. The number of aromatic nitrogens is 1. The van der Waals surface area contributed by atoms with Crippen molar-refractivity contribution in [3.63, 3.8) is 0 Å². The highest BCUT2D eigenvalue weighted by Gasteiger charge is 2.03. The van der Waals surface area contributed by atoms with Gasteiger partial charge in [0.1, 0.15) is 5.69 Å². The zero-order valence-electron chi connectivity index (χ0n) is 10.0. The summed E-state index contributed by atoms with van der Waals surface area (Å²) in [6.45, 7) is 4.91. The molecule has 88 valence electrons. The van der Waals surface area contributed by atoms with E-state index < -0.39 is 0 Å². The van der Waals surface area contributed by atoms with Crippen molar-refractivity contribution < 1.29 is 4.74 Å².